The van der Waals surface area contributed by atoms with Gasteiger partial charge in [0.25, 0.3) is 5.56 Å². The van der Waals surface area contributed by atoms with Gasteiger partial charge in [-0.2, -0.15) is 0 Å². The molecule has 0 spiro atoms. The van der Waals surface area contributed by atoms with E-state index in [1.54, 1.807) is 22.2 Å². The summed E-state index contributed by atoms with van der Waals surface area (Å²) in [5, 5.41) is 4.66. The zero-order chi connectivity index (χ0) is 16.4. The van der Waals surface area contributed by atoms with E-state index in [1.807, 2.05) is 36.6 Å². The lowest BCUT2D eigenvalue weighted by molar-refractivity contribution is -0.114. The number of thiazole rings is 1. The molecule has 0 fully saturated rings. The number of hydrogen-bond donors (Lipinski definition) is 1. The van der Waals surface area contributed by atoms with E-state index in [4.69, 9.17) is 0 Å². The Balaban J connectivity index is 1.73. The molecule has 0 atom stereocenters. The molecule has 0 radical (unpaired) electrons. The van der Waals surface area contributed by atoms with Gasteiger partial charge < -0.3 is 5.32 Å². The molecule has 3 rings (SSSR count). The number of carbonyl (C=O) groups excluding carboxylic acids is 1. The highest BCUT2D eigenvalue weighted by Gasteiger charge is 2.07. The number of rotatable bonds is 4. The van der Waals surface area contributed by atoms with Crippen molar-refractivity contribution in [2.45, 2.75) is 24.5 Å². The summed E-state index contributed by atoms with van der Waals surface area (Å²) in [5.41, 5.74) is 2.42. The summed E-state index contributed by atoms with van der Waals surface area (Å²) >= 11 is 3.08. The van der Waals surface area contributed by atoms with E-state index in [1.165, 1.54) is 18.3 Å². The number of carbonyl (C=O) groups is 1. The normalized spacial score (nSPS) is 10.9. The van der Waals surface area contributed by atoms with Crippen molar-refractivity contribution in [2.24, 2.45) is 0 Å². The second-order valence-electron chi connectivity index (χ2n) is 5.08. The van der Waals surface area contributed by atoms with Crippen LogP contribution in [0.4, 0.5) is 5.69 Å². The predicted molar refractivity (Wildman–Crippen MR) is 94.4 cm³/mol. The van der Waals surface area contributed by atoms with Gasteiger partial charge in [-0.3, -0.25) is 14.0 Å². The lowest BCUT2D eigenvalue weighted by Gasteiger charge is -2.05. The number of amides is 1. The maximum atomic E-state index is 12.1. The van der Waals surface area contributed by atoms with Gasteiger partial charge in [0.1, 0.15) is 0 Å². The van der Waals surface area contributed by atoms with E-state index in [-0.39, 0.29) is 11.5 Å². The van der Waals surface area contributed by atoms with Crippen molar-refractivity contribution < 1.29 is 4.79 Å². The third-order valence-electron chi connectivity index (χ3n) is 3.19. The van der Waals surface area contributed by atoms with E-state index in [0.29, 0.717) is 5.75 Å². The predicted octanol–water partition coefficient (Wildman–Crippen LogP) is 3.32. The topological polar surface area (TPSA) is 63.5 Å². The molecule has 0 unspecified atom stereocenters. The molecule has 1 N–H and O–H groups in total. The fourth-order valence-corrected chi connectivity index (χ4v) is 3.85. The van der Waals surface area contributed by atoms with E-state index in [9.17, 15) is 9.59 Å². The molecule has 2 heterocycles. The lowest BCUT2D eigenvalue weighted by atomic mass is 10.3. The Bertz CT molecular complexity index is 913. The molecule has 5 nitrogen and oxygen atoms in total. The minimum Gasteiger partial charge on any atom is -0.326 e. The Morgan fingerprint density at radius 3 is 2.78 bits per heavy atom. The van der Waals surface area contributed by atoms with Crippen LogP contribution in [0.25, 0.3) is 4.96 Å². The van der Waals surface area contributed by atoms with Crippen LogP contribution in [-0.2, 0) is 10.5 Å². The fourth-order valence-electron chi connectivity index (χ4n) is 2.17. The summed E-state index contributed by atoms with van der Waals surface area (Å²) in [4.78, 5) is 29.4. The number of fused-ring (bicyclic) bond motifs is 1. The molecule has 0 aliphatic carbocycles. The zero-order valence-electron chi connectivity index (χ0n) is 12.7. The van der Waals surface area contributed by atoms with Gasteiger partial charge in [-0.1, -0.05) is 0 Å². The van der Waals surface area contributed by atoms with Gasteiger partial charge in [-0.15, -0.1) is 23.1 Å². The average Bonchev–Trinajstić information content (AvgIpc) is 2.88. The Kier molecular flexibility index (Phi) is 4.49. The van der Waals surface area contributed by atoms with Crippen LogP contribution in [0, 0.1) is 6.92 Å². The summed E-state index contributed by atoms with van der Waals surface area (Å²) in [5.74, 6) is 0.539. The van der Waals surface area contributed by atoms with Gasteiger partial charge in [0.2, 0.25) is 5.91 Å². The SMILES string of the molecule is CC(=O)Nc1ccc(SCc2cc(=O)n3c(C)csc3n2)cc1. The van der Waals surface area contributed by atoms with Gasteiger partial charge in [0.15, 0.2) is 4.96 Å². The third-order valence-corrected chi connectivity index (χ3v) is 5.18. The summed E-state index contributed by atoms with van der Waals surface area (Å²) in [6, 6.07) is 9.19. The highest BCUT2D eigenvalue weighted by atomic mass is 32.2. The molecule has 0 aliphatic heterocycles. The van der Waals surface area contributed by atoms with Crippen molar-refractivity contribution in [3.8, 4) is 0 Å². The highest BCUT2D eigenvalue weighted by Crippen LogP contribution is 2.24. The maximum Gasteiger partial charge on any atom is 0.258 e. The van der Waals surface area contributed by atoms with Gasteiger partial charge in [-0.25, -0.2) is 4.98 Å². The fraction of sp³-hybridized carbons (Fsp3) is 0.188. The number of aromatic nitrogens is 2. The van der Waals surface area contributed by atoms with Crippen molar-refractivity contribution in [2.75, 3.05) is 5.32 Å². The smallest absolute Gasteiger partial charge is 0.258 e. The molecule has 2 aromatic heterocycles. The molecular weight excluding hydrogens is 330 g/mol. The average molecular weight is 345 g/mol. The van der Waals surface area contributed by atoms with Crippen LogP contribution in [-0.4, -0.2) is 15.3 Å². The monoisotopic (exact) mass is 345 g/mol. The minimum absolute atomic E-state index is 0.0367. The number of hydrogen-bond acceptors (Lipinski definition) is 5. The van der Waals surface area contributed by atoms with E-state index in [2.05, 4.69) is 10.3 Å². The van der Waals surface area contributed by atoms with Crippen LogP contribution in [0.15, 0.2) is 45.4 Å². The molecule has 1 aromatic carbocycles. The van der Waals surface area contributed by atoms with Gasteiger partial charge >= 0.3 is 0 Å². The number of nitrogens with zero attached hydrogens (tertiary/aromatic N) is 2. The van der Waals surface area contributed by atoms with Crippen LogP contribution in [0.2, 0.25) is 0 Å². The number of benzene rings is 1. The zero-order valence-corrected chi connectivity index (χ0v) is 14.3. The molecule has 1 amide bonds. The number of anilines is 1. The van der Waals surface area contributed by atoms with Crippen molar-refractivity contribution >= 4 is 39.7 Å². The molecule has 0 aliphatic rings. The molecule has 0 bridgehead atoms. The Labute approximate surface area is 141 Å². The molecule has 23 heavy (non-hydrogen) atoms. The van der Waals surface area contributed by atoms with Crippen LogP contribution < -0.4 is 10.9 Å². The summed E-state index contributed by atoms with van der Waals surface area (Å²) < 4.78 is 1.63. The van der Waals surface area contributed by atoms with Crippen LogP contribution >= 0.6 is 23.1 Å². The van der Waals surface area contributed by atoms with Crippen LogP contribution in [0.3, 0.4) is 0 Å². The first-order valence-corrected chi connectivity index (χ1v) is 8.87. The summed E-state index contributed by atoms with van der Waals surface area (Å²) in [6.07, 6.45) is 0. The van der Waals surface area contributed by atoms with E-state index >= 15 is 0 Å². The molecule has 3 aromatic rings. The van der Waals surface area contributed by atoms with Crippen molar-refractivity contribution in [1.29, 1.82) is 0 Å². The largest absolute Gasteiger partial charge is 0.326 e. The van der Waals surface area contributed by atoms with Crippen LogP contribution in [0.1, 0.15) is 18.3 Å². The van der Waals surface area contributed by atoms with Gasteiger partial charge in [0, 0.05) is 40.4 Å². The highest BCUT2D eigenvalue weighted by molar-refractivity contribution is 7.98. The molecule has 0 saturated heterocycles. The molecule has 7 heteroatoms. The van der Waals surface area contributed by atoms with E-state index < -0.39 is 0 Å². The molecule has 0 saturated carbocycles. The lowest BCUT2D eigenvalue weighted by Crippen LogP contribution is -2.14. The summed E-state index contributed by atoms with van der Waals surface area (Å²) in [7, 11) is 0. The quantitative estimate of drug-likeness (QED) is 0.737. The number of thioether (sulfide) groups is 1. The minimum atomic E-state index is -0.0883. The second-order valence-corrected chi connectivity index (χ2v) is 6.96. The van der Waals surface area contributed by atoms with Crippen LogP contribution in [0.5, 0.6) is 0 Å². The summed E-state index contributed by atoms with van der Waals surface area (Å²) in [6.45, 7) is 3.38. The standard InChI is InChI=1S/C16H15N3O2S2/c1-10-8-23-16-18-13(7-15(21)19(10)16)9-22-14-5-3-12(4-6-14)17-11(2)20/h3-8H,9H2,1-2H3,(H,17,20). The van der Waals surface area contributed by atoms with Gasteiger partial charge in [0.05, 0.1) is 5.69 Å². The van der Waals surface area contributed by atoms with Gasteiger partial charge in [-0.05, 0) is 31.2 Å². The first-order chi connectivity index (χ1) is 11.0. The number of aryl methyl sites for hydroxylation is 1. The van der Waals surface area contributed by atoms with Crippen molar-refractivity contribution in [3.05, 3.63) is 57.5 Å². The van der Waals surface area contributed by atoms with E-state index in [0.717, 1.165) is 26.9 Å². The number of nitrogens with one attached hydrogen (secondary N) is 1. The molecule has 118 valence electrons. The Morgan fingerprint density at radius 2 is 2.09 bits per heavy atom. The maximum absolute atomic E-state index is 12.1. The Hall–Kier alpha value is -2.12. The third kappa shape index (κ3) is 3.62. The first-order valence-electron chi connectivity index (χ1n) is 7.00. The van der Waals surface area contributed by atoms with Crippen molar-refractivity contribution in [3.63, 3.8) is 0 Å². The second kappa shape index (κ2) is 6.55. The van der Waals surface area contributed by atoms with Crippen molar-refractivity contribution in [1.82, 2.24) is 9.38 Å². The Morgan fingerprint density at radius 1 is 1.35 bits per heavy atom. The molecular formula is C16H15N3O2S2. The first kappa shape index (κ1) is 15.8.